The third-order valence-corrected chi connectivity index (χ3v) is 2.57. The van der Waals surface area contributed by atoms with Crippen LogP contribution in [-0.4, -0.2) is 51.7 Å². The number of hydrogen-bond donors (Lipinski definition) is 1. The Morgan fingerprint density at radius 1 is 1.10 bits per heavy atom. The standard InChI is InChI=1S/C14H24N2O4/c1-12(15)13-3-4-16-14(11-13)20-10-9-19-8-7-18-6-5-17-2/h3-4,11-12H,5-10,15H2,1-2H3/t12-/m1/s1. The molecule has 0 aliphatic rings. The van der Waals surface area contributed by atoms with E-state index in [-0.39, 0.29) is 6.04 Å². The van der Waals surface area contributed by atoms with Crippen LogP contribution in [0.3, 0.4) is 0 Å². The molecule has 2 N–H and O–H groups in total. The minimum absolute atomic E-state index is 0.0270. The van der Waals surface area contributed by atoms with Gasteiger partial charge in [-0.15, -0.1) is 0 Å². The first-order valence-electron chi connectivity index (χ1n) is 6.72. The molecule has 6 heteroatoms. The molecule has 0 saturated carbocycles. The predicted molar refractivity (Wildman–Crippen MR) is 75.8 cm³/mol. The van der Waals surface area contributed by atoms with E-state index in [0.717, 1.165) is 5.56 Å². The third-order valence-electron chi connectivity index (χ3n) is 2.57. The summed E-state index contributed by atoms with van der Waals surface area (Å²) in [6.45, 7) is 5.16. The Hall–Kier alpha value is -1.21. The molecular weight excluding hydrogens is 260 g/mol. The molecule has 0 aromatic carbocycles. The van der Waals surface area contributed by atoms with E-state index in [4.69, 9.17) is 24.7 Å². The maximum absolute atomic E-state index is 5.80. The molecule has 1 aromatic rings. The summed E-state index contributed by atoms with van der Waals surface area (Å²) < 4.78 is 21.0. The van der Waals surface area contributed by atoms with Gasteiger partial charge in [0.25, 0.3) is 0 Å². The van der Waals surface area contributed by atoms with Gasteiger partial charge < -0.3 is 24.7 Å². The second kappa shape index (κ2) is 10.6. The highest BCUT2D eigenvalue weighted by Gasteiger charge is 2.02. The van der Waals surface area contributed by atoms with Gasteiger partial charge in [0, 0.05) is 25.4 Å². The van der Waals surface area contributed by atoms with Gasteiger partial charge in [0.2, 0.25) is 5.88 Å². The van der Waals surface area contributed by atoms with E-state index in [1.54, 1.807) is 13.3 Å². The largest absolute Gasteiger partial charge is 0.475 e. The van der Waals surface area contributed by atoms with Crippen molar-refractivity contribution in [2.75, 3.05) is 46.8 Å². The van der Waals surface area contributed by atoms with Crippen molar-refractivity contribution >= 4 is 0 Å². The summed E-state index contributed by atoms with van der Waals surface area (Å²) in [5.41, 5.74) is 6.80. The molecule has 114 valence electrons. The molecule has 1 atom stereocenters. The highest BCUT2D eigenvalue weighted by Crippen LogP contribution is 2.14. The number of nitrogens with two attached hydrogens (primary N) is 1. The van der Waals surface area contributed by atoms with Crippen LogP contribution in [0, 0.1) is 0 Å². The summed E-state index contributed by atoms with van der Waals surface area (Å²) in [4.78, 5) is 4.12. The van der Waals surface area contributed by atoms with E-state index in [9.17, 15) is 0 Å². The van der Waals surface area contributed by atoms with Crippen molar-refractivity contribution in [3.05, 3.63) is 23.9 Å². The smallest absolute Gasteiger partial charge is 0.213 e. The molecule has 1 rings (SSSR count). The van der Waals surface area contributed by atoms with Crippen molar-refractivity contribution in [2.45, 2.75) is 13.0 Å². The summed E-state index contributed by atoms with van der Waals surface area (Å²) in [6.07, 6.45) is 1.69. The fourth-order valence-corrected chi connectivity index (χ4v) is 1.46. The normalized spacial score (nSPS) is 12.3. The van der Waals surface area contributed by atoms with Crippen molar-refractivity contribution in [2.24, 2.45) is 5.73 Å². The minimum Gasteiger partial charge on any atom is -0.475 e. The number of aromatic nitrogens is 1. The lowest BCUT2D eigenvalue weighted by atomic mass is 10.1. The highest BCUT2D eigenvalue weighted by molar-refractivity contribution is 5.22. The Kier molecular flexibility index (Phi) is 8.90. The lowest BCUT2D eigenvalue weighted by Crippen LogP contribution is -2.13. The number of pyridine rings is 1. The first-order chi connectivity index (χ1) is 9.74. The summed E-state index contributed by atoms with van der Waals surface area (Å²) in [7, 11) is 1.64. The average Bonchev–Trinajstić information content (AvgIpc) is 2.46. The summed E-state index contributed by atoms with van der Waals surface area (Å²) >= 11 is 0. The lowest BCUT2D eigenvalue weighted by molar-refractivity contribution is 0.0176. The van der Waals surface area contributed by atoms with E-state index >= 15 is 0 Å². The van der Waals surface area contributed by atoms with Gasteiger partial charge in [0.15, 0.2) is 0 Å². The first-order valence-corrected chi connectivity index (χ1v) is 6.72. The Labute approximate surface area is 120 Å². The quantitative estimate of drug-likeness (QED) is 0.615. The van der Waals surface area contributed by atoms with Crippen LogP contribution < -0.4 is 10.5 Å². The summed E-state index contributed by atoms with van der Waals surface area (Å²) in [5.74, 6) is 0.569. The van der Waals surface area contributed by atoms with Gasteiger partial charge in [-0.05, 0) is 18.6 Å². The Balaban J connectivity index is 2.05. The molecule has 1 heterocycles. The molecule has 0 saturated heterocycles. The van der Waals surface area contributed by atoms with Gasteiger partial charge in [-0.1, -0.05) is 0 Å². The zero-order valence-electron chi connectivity index (χ0n) is 12.2. The molecule has 20 heavy (non-hydrogen) atoms. The molecule has 0 bridgehead atoms. The fourth-order valence-electron chi connectivity index (χ4n) is 1.46. The number of methoxy groups -OCH3 is 1. The predicted octanol–water partition coefficient (Wildman–Crippen LogP) is 1.16. The van der Waals surface area contributed by atoms with Crippen molar-refractivity contribution in [3.8, 4) is 5.88 Å². The fraction of sp³-hybridized carbons (Fsp3) is 0.643. The van der Waals surface area contributed by atoms with Gasteiger partial charge >= 0.3 is 0 Å². The molecule has 0 spiro atoms. The van der Waals surface area contributed by atoms with Crippen LogP contribution in [0.5, 0.6) is 5.88 Å². The van der Waals surface area contributed by atoms with Crippen LogP contribution in [0.4, 0.5) is 0 Å². The SMILES string of the molecule is COCCOCCOCCOc1cc([C@@H](C)N)ccn1. The zero-order chi connectivity index (χ0) is 14.6. The molecule has 0 aliphatic heterocycles. The van der Waals surface area contributed by atoms with Crippen molar-refractivity contribution < 1.29 is 18.9 Å². The van der Waals surface area contributed by atoms with E-state index < -0.39 is 0 Å². The van der Waals surface area contributed by atoms with Crippen LogP contribution in [-0.2, 0) is 14.2 Å². The van der Waals surface area contributed by atoms with Crippen molar-refractivity contribution in [1.29, 1.82) is 0 Å². The maximum atomic E-state index is 5.80. The number of nitrogens with zero attached hydrogens (tertiary/aromatic N) is 1. The van der Waals surface area contributed by atoms with Crippen LogP contribution in [0.25, 0.3) is 0 Å². The Bertz CT molecular complexity index is 361. The molecular formula is C14H24N2O4. The third kappa shape index (κ3) is 7.40. The van der Waals surface area contributed by atoms with Crippen molar-refractivity contribution in [1.82, 2.24) is 4.98 Å². The van der Waals surface area contributed by atoms with Crippen molar-refractivity contribution in [3.63, 3.8) is 0 Å². The van der Waals surface area contributed by atoms with Gasteiger partial charge in [-0.2, -0.15) is 0 Å². The Morgan fingerprint density at radius 2 is 1.75 bits per heavy atom. The van der Waals surface area contributed by atoms with E-state index in [0.29, 0.717) is 45.5 Å². The lowest BCUT2D eigenvalue weighted by Gasteiger charge is -2.09. The van der Waals surface area contributed by atoms with E-state index in [1.807, 2.05) is 19.1 Å². The number of hydrogen-bond acceptors (Lipinski definition) is 6. The average molecular weight is 284 g/mol. The molecule has 1 aromatic heterocycles. The molecule has 0 amide bonds. The van der Waals surface area contributed by atoms with Gasteiger partial charge in [0.05, 0.1) is 33.0 Å². The number of rotatable bonds is 11. The second-order valence-corrected chi connectivity index (χ2v) is 4.28. The maximum Gasteiger partial charge on any atom is 0.213 e. The minimum atomic E-state index is -0.0270. The highest BCUT2D eigenvalue weighted by atomic mass is 16.6. The van der Waals surface area contributed by atoms with E-state index in [2.05, 4.69) is 4.98 Å². The molecule has 0 unspecified atom stereocenters. The van der Waals surface area contributed by atoms with Gasteiger partial charge in [-0.3, -0.25) is 0 Å². The van der Waals surface area contributed by atoms with Gasteiger partial charge in [-0.25, -0.2) is 4.98 Å². The van der Waals surface area contributed by atoms with Crippen LogP contribution in [0.2, 0.25) is 0 Å². The molecule has 0 fully saturated rings. The monoisotopic (exact) mass is 284 g/mol. The molecule has 0 aliphatic carbocycles. The molecule has 6 nitrogen and oxygen atoms in total. The van der Waals surface area contributed by atoms with Crippen LogP contribution in [0.1, 0.15) is 18.5 Å². The summed E-state index contributed by atoms with van der Waals surface area (Å²) in [6, 6.07) is 3.70. The topological polar surface area (TPSA) is 75.8 Å². The van der Waals surface area contributed by atoms with Gasteiger partial charge in [0.1, 0.15) is 6.61 Å². The molecule has 0 radical (unpaired) electrons. The summed E-state index contributed by atoms with van der Waals surface area (Å²) in [5, 5.41) is 0. The number of ether oxygens (including phenoxy) is 4. The first kappa shape index (κ1) is 16.8. The van der Waals surface area contributed by atoms with Crippen LogP contribution in [0.15, 0.2) is 18.3 Å². The van der Waals surface area contributed by atoms with E-state index in [1.165, 1.54) is 0 Å². The zero-order valence-corrected chi connectivity index (χ0v) is 12.2. The Morgan fingerprint density at radius 3 is 2.40 bits per heavy atom. The second-order valence-electron chi connectivity index (χ2n) is 4.28. The van der Waals surface area contributed by atoms with Crippen LogP contribution >= 0.6 is 0 Å².